The number of para-hydroxylation sites is 2. The number of furan rings is 1. The first-order valence-electron chi connectivity index (χ1n) is 10.4. The van der Waals surface area contributed by atoms with Crippen molar-refractivity contribution in [1.29, 1.82) is 0 Å². The summed E-state index contributed by atoms with van der Waals surface area (Å²) >= 11 is 0.194. The Kier molecular flexibility index (Phi) is 10.2. The predicted octanol–water partition coefficient (Wildman–Crippen LogP) is 8.99. The first kappa shape index (κ1) is 26.4. The van der Waals surface area contributed by atoms with Gasteiger partial charge in [0.25, 0.3) is 0 Å². The molecular weight excluding hydrogens is 483 g/mol. The van der Waals surface area contributed by atoms with Gasteiger partial charge in [-0.2, -0.15) is 0 Å². The molecule has 3 aromatic rings. The van der Waals surface area contributed by atoms with E-state index < -0.39 is 0 Å². The van der Waals surface area contributed by atoms with E-state index in [-0.39, 0.29) is 13.1 Å². The van der Waals surface area contributed by atoms with Gasteiger partial charge in [-0.05, 0) is 74.9 Å². The Morgan fingerprint density at radius 3 is 1.62 bits per heavy atom. The van der Waals surface area contributed by atoms with E-state index in [0.29, 0.717) is 5.92 Å². The fraction of sp³-hybridized carbons (Fsp3) is 0.308. The van der Waals surface area contributed by atoms with Crippen molar-refractivity contribution in [3.63, 3.8) is 0 Å². The van der Waals surface area contributed by atoms with Crippen molar-refractivity contribution in [2.24, 2.45) is 9.98 Å². The molecule has 0 bridgehead atoms. The third-order valence-electron chi connectivity index (χ3n) is 5.21. The van der Waals surface area contributed by atoms with E-state index in [1.54, 1.807) is 0 Å². The van der Waals surface area contributed by atoms with Gasteiger partial charge in [-0.1, -0.05) is 50.2 Å². The van der Waals surface area contributed by atoms with Crippen molar-refractivity contribution in [2.45, 2.75) is 54.4 Å². The maximum atomic E-state index is 6.11. The fourth-order valence-electron chi connectivity index (χ4n) is 3.45. The topological polar surface area (TPSA) is 37.9 Å². The van der Waals surface area contributed by atoms with Gasteiger partial charge >= 0.3 is 33.3 Å². The van der Waals surface area contributed by atoms with Crippen molar-refractivity contribution in [3.8, 4) is 0 Å². The summed E-state index contributed by atoms with van der Waals surface area (Å²) in [4.78, 5) is 9.74. The summed E-state index contributed by atoms with van der Waals surface area (Å²) < 4.78 is 6.11. The zero-order chi connectivity index (χ0) is 23.8. The van der Waals surface area contributed by atoms with Crippen LogP contribution < -0.4 is 0 Å². The zero-order valence-electron chi connectivity index (χ0n) is 19.6. The van der Waals surface area contributed by atoms with E-state index in [1.807, 2.05) is 26.0 Å². The van der Waals surface area contributed by atoms with Crippen LogP contribution in [0.25, 0.3) is 0 Å². The molecule has 0 atom stereocenters. The molecule has 2 aromatic carbocycles. The minimum absolute atomic E-state index is 0.194. The van der Waals surface area contributed by atoms with Gasteiger partial charge in [0.05, 0.1) is 22.8 Å². The number of rotatable bonds is 5. The summed E-state index contributed by atoms with van der Waals surface area (Å²) in [5, 5.41) is 0. The van der Waals surface area contributed by atoms with Crippen LogP contribution in [0.1, 0.15) is 67.4 Å². The Morgan fingerprint density at radius 2 is 1.16 bits per heavy atom. The summed E-state index contributed by atoms with van der Waals surface area (Å²) in [5.74, 6) is 1.96. The molecule has 0 saturated heterocycles. The van der Waals surface area contributed by atoms with Crippen molar-refractivity contribution in [3.05, 3.63) is 82.3 Å². The number of aryl methyl sites for hydroxylation is 3. The SMILES string of the molecule is CC(=Nc1c(C)cccc1C)c1ccc(C(C)=Nc2c(C)cccc2C(C)C)o1.[Cl][Fe][Cl]. The third kappa shape index (κ3) is 6.83. The van der Waals surface area contributed by atoms with Crippen LogP contribution >= 0.6 is 20.2 Å². The van der Waals surface area contributed by atoms with Crippen LogP contribution in [-0.2, 0) is 13.1 Å². The molecule has 3 nitrogen and oxygen atoms in total. The number of benzene rings is 2. The van der Waals surface area contributed by atoms with E-state index >= 15 is 0 Å². The molecule has 3 rings (SSSR count). The summed E-state index contributed by atoms with van der Waals surface area (Å²) in [6.45, 7) is 14.6. The summed E-state index contributed by atoms with van der Waals surface area (Å²) in [6.07, 6.45) is 0. The molecule has 0 aliphatic rings. The molecular formula is C26H30Cl2FeN2O. The Labute approximate surface area is 206 Å². The van der Waals surface area contributed by atoms with Gasteiger partial charge in [0.15, 0.2) is 0 Å². The van der Waals surface area contributed by atoms with Crippen LogP contribution in [0.15, 0.2) is 62.9 Å². The van der Waals surface area contributed by atoms with Crippen LogP contribution in [0, 0.1) is 20.8 Å². The Bertz CT molecular complexity index is 1100. The summed E-state index contributed by atoms with van der Waals surface area (Å²) in [5.41, 5.74) is 8.53. The second kappa shape index (κ2) is 12.4. The van der Waals surface area contributed by atoms with Gasteiger partial charge in [0.1, 0.15) is 11.5 Å². The first-order valence-corrected chi connectivity index (χ1v) is 13.5. The zero-order valence-corrected chi connectivity index (χ0v) is 22.2. The van der Waals surface area contributed by atoms with E-state index in [4.69, 9.17) is 34.6 Å². The Hall–Kier alpha value is -1.84. The van der Waals surface area contributed by atoms with Crippen molar-refractivity contribution < 1.29 is 17.6 Å². The Morgan fingerprint density at radius 1 is 0.750 bits per heavy atom. The van der Waals surface area contributed by atoms with Gasteiger partial charge in [-0.3, -0.25) is 0 Å². The molecule has 0 unspecified atom stereocenters. The molecule has 0 aliphatic heterocycles. The number of aliphatic imine (C=N–C) groups is 2. The number of hydrogen-bond acceptors (Lipinski definition) is 3. The average Bonchev–Trinajstić information content (AvgIpc) is 3.23. The van der Waals surface area contributed by atoms with E-state index in [2.05, 4.69) is 71.0 Å². The molecule has 32 heavy (non-hydrogen) atoms. The molecule has 0 aliphatic carbocycles. The van der Waals surface area contributed by atoms with Gasteiger partial charge in [0.2, 0.25) is 0 Å². The van der Waals surface area contributed by atoms with Crippen LogP contribution in [0.5, 0.6) is 0 Å². The number of nitrogens with zero attached hydrogens (tertiary/aromatic N) is 2. The third-order valence-corrected chi connectivity index (χ3v) is 5.21. The molecule has 172 valence electrons. The molecule has 0 N–H and O–H groups in total. The minimum atomic E-state index is 0.194. The monoisotopic (exact) mass is 512 g/mol. The normalized spacial score (nSPS) is 12.2. The standard InChI is InChI=1S/C26H30N2O.2ClH.Fe/c1-16(2)22-13-9-12-19(5)26(22)28-21(7)24-15-14-23(29-24)20(6)27-25-17(3)10-8-11-18(25)4;;;/h8-16H,1-7H3;2*1H;/q;;;+2/p-2. The van der Waals surface area contributed by atoms with E-state index in [9.17, 15) is 0 Å². The molecule has 0 amide bonds. The molecule has 1 aromatic heterocycles. The molecule has 0 saturated carbocycles. The molecule has 0 spiro atoms. The van der Waals surface area contributed by atoms with Crippen LogP contribution in [0.2, 0.25) is 0 Å². The summed E-state index contributed by atoms with van der Waals surface area (Å²) in [7, 11) is 9.53. The number of halogens is 2. The second-order valence-electron chi connectivity index (χ2n) is 8.02. The fourth-order valence-corrected chi connectivity index (χ4v) is 3.45. The van der Waals surface area contributed by atoms with E-state index in [1.165, 1.54) is 11.1 Å². The van der Waals surface area contributed by atoms with Crippen LogP contribution in [-0.4, -0.2) is 11.4 Å². The maximum absolute atomic E-state index is 6.11. The first-order chi connectivity index (χ1) is 15.2. The van der Waals surface area contributed by atoms with Gasteiger partial charge in [0, 0.05) is 0 Å². The molecule has 0 fully saturated rings. The molecule has 0 radical (unpaired) electrons. The van der Waals surface area contributed by atoms with Gasteiger partial charge in [-0.15, -0.1) is 0 Å². The second-order valence-corrected chi connectivity index (χ2v) is 9.84. The van der Waals surface area contributed by atoms with Crippen molar-refractivity contribution >= 4 is 43.0 Å². The Balaban J connectivity index is 0.00000114. The molecule has 6 heteroatoms. The quantitative estimate of drug-likeness (QED) is 0.248. The van der Waals surface area contributed by atoms with Crippen LogP contribution in [0.3, 0.4) is 0 Å². The van der Waals surface area contributed by atoms with Gasteiger partial charge in [-0.25, -0.2) is 9.98 Å². The summed E-state index contributed by atoms with van der Waals surface area (Å²) in [6, 6.07) is 16.5. The van der Waals surface area contributed by atoms with Gasteiger partial charge < -0.3 is 4.42 Å². The average molecular weight is 513 g/mol. The number of hydrogen-bond donors (Lipinski definition) is 0. The van der Waals surface area contributed by atoms with Crippen molar-refractivity contribution in [2.75, 3.05) is 0 Å². The van der Waals surface area contributed by atoms with E-state index in [0.717, 1.165) is 45.4 Å². The van der Waals surface area contributed by atoms with Crippen molar-refractivity contribution in [1.82, 2.24) is 0 Å². The molecule has 1 heterocycles. The van der Waals surface area contributed by atoms with Crippen LogP contribution in [0.4, 0.5) is 11.4 Å². The predicted molar refractivity (Wildman–Crippen MR) is 135 cm³/mol.